The van der Waals surface area contributed by atoms with Gasteiger partial charge in [0.1, 0.15) is 6.10 Å². The van der Waals surface area contributed by atoms with Crippen LogP contribution in [0.25, 0.3) is 0 Å². The van der Waals surface area contributed by atoms with Gasteiger partial charge < -0.3 is 18.7 Å². The molecule has 6 heteroatoms. The molecule has 1 aliphatic heterocycles. The Hall–Kier alpha value is -2.08. The first-order chi connectivity index (χ1) is 12.3. The Morgan fingerprint density at radius 3 is 2.56 bits per heavy atom. The number of benzene rings is 1. The Labute approximate surface area is 147 Å². The van der Waals surface area contributed by atoms with Crippen LogP contribution in [0.1, 0.15) is 61.9 Å². The van der Waals surface area contributed by atoms with E-state index in [0.717, 1.165) is 68.0 Å². The molecule has 0 N–H and O–H groups in total. The van der Waals surface area contributed by atoms with E-state index in [0.29, 0.717) is 5.89 Å². The Balaban J connectivity index is 1.73. The first-order valence-corrected chi connectivity index (χ1v) is 8.95. The second-order valence-electron chi connectivity index (χ2n) is 6.82. The van der Waals surface area contributed by atoms with E-state index in [1.165, 1.54) is 0 Å². The molecular weight excluding hydrogens is 320 g/mol. The van der Waals surface area contributed by atoms with Crippen LogP contribution in [0.5, 0.6) is 11.5 Å². The first kappa shape index (κ1) is 16.4. The van der Waals surface area contributed by atoms with Gasteiger partial charge in [-0.1, -0.05) is 24.1 Å². The SMILES string of the molecule is COc1ccc(C2(c3noc(C4CCCO4)n3)CCCC2)cc1OC. The van der Waals surface area contributed by atoms with Crippen molar-refractivity contribution in [3.63, 3.8) is 0 Å². The highest BCUT2D eigenvalue weighted by molar-refractivity contribution is 5.47. The Kier molecular flexibility index (Phi) is 4.37. The molecule has 4 rings (SSSR count). The van der Waals surface area contributed by atoms with Gasteiger partial charge in [0.2, 0.25) is 0 Å². The van der Waals surface area contributed by atoms with Gasteiger partial charge in [-0.3, -0.25) is 0 Å². The zero-order valence-corrected chi connectivity index (χ0v) is 14.8. The third-order valence-electron chi connectivity index (χ3n) is 5.47. The van der Waals surface area contributed by atoms with E-state index < -0.39 is 0 Å². The van der Waals surface area contributed by atoms with E-state index in [4.69, 9.17) is 23.7 Å². The highest BCUT2D eigenvalue weighted by Crippen LogP contribution is 2.47. The van der Waals surface area contributed by atoms with Crippen molar-refractivity contribution in [1.82, 2.24) is 10.1 Å². The number of nitrogens with zero attached hydrogens (tertiary/aromatic N) is 2. The smallest absolute Gasteiger partial charge is 0.255 e. The molecule has 0 radical (unpaired) electrons. The van der Waals surface area contributed by atoms with Gasteiger partial charge >= 0.3 is 0 Å². The summed E-state index contributed by atoms with van der Waals surface area (Å²) in [5.74, 6) is 2.84. The van der Waals surface area contributed by atoms with Gasteiger partial charge in [-0.25, -0.2) is 0 Å². The van der Waals surface area contributed by atoms with Gasteiger partial charge in [0.05, 0.1) is 19.6 Å². The van der Waals surface area contributed by atoms with E-state index in [1.54, 1.807) is 14.2 Å². The van der Waals surface area contributed by atoms with Crippen molar-refractivity contribution >= 4 is 0 Å². The summed E-state index contributed by atoms with van der Waals surface area (Å²) in [7, 11) is 3.31. The lowest BCUT2D eigenvalue weighted by Gasteiger charge is -2.26. The quantitative estimate of drug-likeness (QED) is 0.822. The minimum atomic E-state index is -0.222. The van der Waals surface area contributed by atoms with E-state index in [-0.39, 0.29) is 11.5 Å². The summed E-state index contributed by atoms with van der Waals surface area (Å²) in [5.41, 5.74) is 0.933. The summed E-state index contributed by atoms with van der Waals surface area (Å²) in [6.45, 7) is 0.767. The van der Waals surface area contributed by atoms with E-state index in [1.807, 2.05) is 12.1 Å². The van der Waals surface area contributed by atoms with Crippen LogP contribution in [-0.4, -0.2) is 31.0 Å². The summed E-state index contributed by atoms with van der Waals surface area (Å²) >= 11 is 0. The van der Waals surface area contributed by atoms with Gasteiger partial charge in [-0.05, 0) is 43.4 Å². The fraction of sp³-hybridized carbons (Fsp3) is 0.579. The highest BCUT2D eigenvalue weighted by Gasteiger charge is 2.42. The Morgan fingerprint density at radius 1 is 1.08 bits per heavy atom. The standard InChI is InChI=1S/C19H24N2O4/c1-22-14-8-7-13(12-16(14)23-2)19(9-3-4-10-19)18-20-17(25-21-18)15-6-5-11-24-15/h7-8,12,15H,3-6,9-11H2,1-2H3. The molecule has 134 valence electrons. The number of hydrogen-bond donors (Lipinski definition) is 0. The largest absolute Gasteiger partial charge is 0.493 e. The molecule has 2 fully saturated rings. The molecule has 0 spiro atoms. The number of methoxy groups -OCH3 is 2. The average molecular weight is 344 g/mol. The van der Waals surface area contributed by atoms with Crippen LogP contribution in [0.2, 0.25) is 0 Å². The van der Waals surface area contributed by atoms with Gasteiger partial charge in [-0.15, -0.1) is 0 Å². The first-order valence-electron chi connectivity index (χ1n) is 8.95. The molecule has 2 aromatic rings. The molecule has 1 aromatic carbocycles. The van der Waals surface area contributed by atoms with Gasteiger partial charge in [0, 0.05) is 6.61 Å². The maximum Gasteiger partial charge on any atom is 0.255 e. The molecular formula is C19H24N2O4. The molecule has 1 saturated heterocycles. The van der Waals surface area contributed by atoms with Crippen LogP contribution in [0.15, 0.2) is 22.7 Å². The molecule has 2 heterocycles. The van der Waals surface area contributed by atoms with Crippen molar-refractivity contribution in [2.75, 3.05) is 20.8 Å². The molecule has 25 heavy (non-hydrogen) atoms. The number of rotatable bonds is 5. The Bertz CT molecular complexity index is 731. The van der Waals surface area contributed by atoms with Crippen molar-refractivity contribution in [3.05, 3.63) is 35.5 Å². The number of ether oxygens (including phenoxy) is 3. The van der Waals surface area contributed by atoms with E-state index >= 15 is 0 Å². The van der Waals surface area contributed by atoms with Crippen molar-refractivity contribution in [2.45, 2.75) is 50.0 Å². The monoisotopic (exact) mass is 344 g/mol. The lowest BCUT2D eigenvalue weighted by Crippen LogP contribution is -2.25. The van der Waals surface area contributed by atoms with Crippen molar-refractivity contribution < 1.29 is 18.7 Å². The summed E-state index contributed by atoms with van der Waals surface area (Å²) in [5, 5.41) is 4.35. The van der Waals surface area contributed by atoms with Gasteiger partial charge in [-0.2, -0.15) is 4.98 Å². The lowest BCUT2D eigenvalue weighted by molar-refractivity contribution is 0.0835. The normalized spacial score (nSPS) is 22.2. The zero-order valence-electron chi connectivity index (χ0n) is 14.8. The topological polar surface area (TPSA) is 66.6 Å². The van der Waals surface area contributed by atoms with Crippen LogP contribution in [0.4, 0.5) is 0 Å². The third kappa shape index (κ3) is 2.78. The van der Waals surface area contributed by atoms with E-state index in [9.17, 15) is 0 Å². The van der Waals surface area contributed by atoms with Crippen LogP contribution >= 0.6 is 0 Å². The van der Waals surface area contributed by atoms with Crippen molar-refractivity contribution in [1.29, 1.82) is 0 Å². The third-order valence-corrected chi connectivity index (χ3v) is 5.47. The van der Waals surface area contributed by atoms with Gasteiger partial charge in [0.15, 0.2) is 17.3 Å². The molecule has 1 aliphatic carbocycles. The zero-order chi connectivity index (χ0) is 17.3. The fourth-order valence-corrected chi connectivity index (χ4v) is 4.09. The lowest BCUT2D eigenvalue weighted by atomic mass is 9.78. The van der Waals surface area contributed by atoms with Gasteiger partial charge in [0.25, 0.3) is 5.89 Å². The molecule has 1 unspecified atom stereocenters. The molecule has 0 amide bonds. The average Bonchev–Trinajstić information content (AvgIpc) is 3.41. The van der Waals surface area contributed by atoms with Crippen molar-refractivity contribution in [2.24, 2.45) is 0 Å². The minimum absolute atomic E-state index is 0.0508. The molecule has 2 aliphatic rings. The highest BCUT2D eigenvalue weighted by atomic mass is 16.5. The van der Waals surface area contributed by atoms with E-state index in [2.05, 4.69) is 11.2 Å². The predicted molar refractivity (Wildman–Crippen MR) is 91.0 cm³/mol. The fourth-order valence-electron chi connectivity index (χ4n) is 4.09. The van der Waals surface area contributed by atoms with Crippen LogP contribution in [0, 0.1) is 0 Å². The molecule has 6 nitrogen and oxygen atoms in total. The number of aromatic nitrogens is 2. The summed E-state index contributed by atoms with van der Waals surface area (Å²) in [4.78, 5) is 4.75. The molecule has 1 saturated carbocycles. The maximum atomic E-state index is 5.69. The predicted octanol–water partition coefficient (Wildman–Crippen LogP) is 3.80. The molecule has 1 atom stereocenters. The van der Waals surface area contributed by atoms with Crippen molar-refractivity contribution in [3.8, 4) is 11.5 Å². The number of hydrogen-bond acceptors (Lipinski definition) is 6. The Morgan fingerprint density at radius 2 is 1.88 bits per heavy atom. The summed E-state index contributed by atoms with van der Waals surface area (Å²) in [6, 6.07) is 6.09. The van der Waals surface area contributed by atoms with Crippen LogP contribution in [0.3, 0.4) is 0 Å². The minimum Gasteiger partial charge on any atom is -0.493 e. The van der Waals surface area contributed by atoms with Crippen LogP contribution < -0.4 is 9.47 Å². The maximum absolute atomic E-state index is 5.69. The summed E-state index contributed by atoms with van der Waals surface area (Å²) < 4.78 is 22.1. The second-order valence-corrected chi connectivity index (χ2v) is 6.82. The van der Waals surface area contributed by atoms with Crippen LogP contribution in [-0.2, 0) is 10.2 Å². The second kappa shape index (κ2) is 6.67. The molecule has 1 aromatic heterocycles. The molecule has 0 bridgehead atoms. The summed E-state index contributed by atoms with van der Waals surface area (Å²) in [6.07, 6.45) is 6.26.